The van der Waals surface area contributed by atoms with Gasteiger partial charge in [0, 0.05) is 11.6 Å². The fourth-order valence-corrected chi connectivity index (χ4v) is 4.71. The van der Waals surface area contributed by atoms with Gasteiger partial charge in [0.25, 0.3) is 0 Å². The van der Waals surface area contributed by atoms with Crippen LogP contribution in [0.1, 0.15) is 34.3 Å². The van der Waals surface area contributed by atoms with Gasteiger partial charge in [-0.05, 0) is 36.2 Å². The Morgan fingerprint density at radius 3 is 2.33 bits per heavy atom. The highest BCUT2D eigenvalue weighted by molar-refractivity contribution is 5.92. The van der Waals surface area contributed by atoms with Gasteiger partial charge in [-0.1, -0.05) is 42.5 Å². The molecule has 0 radical (unpaired) electrons. The van der Waals surface area contributed by atoms with Crippen LogP contribution in [0, 0.1) is 28.1 Å². The number of nitrogens with zero attached hydrogens (tertiary/aromatic N) is 3. The SMILES string of the molecule is COC(=O)c1ccc([C@@H]2[C@@H](C(C)=O)N3c4ccccc4C=C[C@@H]3C2(C#N)C#N)cc1. The molecule has 6 nitrogen and oxygen atoms in total. The highest BCUT2D eigenvalue weighted by Gasteiger charge is 2.62. The Hall–Kier alpha value is -3.90. The van der Waals surface area contributed by atoms with E-state index in [0.29, 0.717) is 11.1 Å². The topological polar surface area (TPSA) is 94.2 Å². The molecule has 0 spiro atoms. The summed E-state index contributed by atoms with van der Waals surface area (Å²) in [5.41, 5.74) is 1.32. The summed E-state index contributed by atoms with van der Waals surface area (Å²) in [6.45, 7) is 1.49. The van der Waals surface area contributed by atoms with Crippen LogP contribution < -0.4 is 4.90 Å². The number of anilines is 1. The van der Waals surface area contributed by atoms with E-state index in [9.17, 15) is 20.1 Å². The number of hydrogen-bond acceptors (Lipinski definition) is 6. The molecule has 0 aliphatic carbocycles. The number of Topliss-reactive ketones (excluding diaryl/α,β-unsaturated/α-hetero) is 1. The Bertz CT molecular complexity index is 1120. The van der Waals surface area contributed by atoms with Crippen LogP contribution >= 0.6 is 0 Å². The number of ether oxygens (including phenoxy) is 1. The van der Waals surface area contributed by atoms with Crippen LogP contribution in [0.4, 0.5) is 5.69 Å². The lowest BCUT2D eigenvalue weighted by Crippen LogP contribution is -2.43. The predicted molar refractivity (Wildman–Crippen MR) is 110 cm³/mol. The molecule has 1 fully saturated rings. The molecule has 0 saturated carbocycles. The van der Waals surface area contributed by atoms with Gasteiger partial charge < -0.3 is 9.64 Å². The minimum absolute atomic E-state index is 0.125. The first-order chi connectivity index (χ1) is 14.5. The smallest absolute Gasteiger partial charge is 0.337 e. The first kappa shape index (κ1) is 19.4. The second kappa shape index (κ2) is 7.17. The minimum atomic E-state index is -1.47. The maximum atomic E-state index is 12.9. The number of ketones is 1. The summed E-state index contributed by atoms with van der Waals surface area (Å²) in [5.74, 6) is -1.28. The number of esters is 1. The Balaban J connectivity index is 1.92. The van der Waals surface area contributed by atoms with Crippen molar-refractivity contribution in [1.29, 1.82) is 10.5 Å². The standard InChI is InChI=1S/C24H19N3O3/c1-15(28)22-21(17-7-9-18(10-8-17)23(29)30-2)24(13-25,14-26)20-12-11-16-5-3-4-6-19(16)27(20)22/h3-12,20-22H,1-2H3/t20-,21-,22-/m1/s1. The number of methoxy groups -OCH3 is 1. The molecule has 0 N–H and O–H groups in total. The summed E-state index contributed by atoms with van der Waals surface area (Å²) in [4.78, 5) is 26.6. The largest absolute Gasteiger partial charge is 0.465 e. The molecule has 0 aromatic heterocycles. The highest BCUT2D eigenvalue weighted by Crippen LogP contribution is 2.55. The first-order valence-corrected chi connectivity index (χ1v) is 9.55. The number of nitriles is 2. The van der Waals surface area contributed by atoms with Crippen molar-refractivity contribution in [3.05, 3.63) is 71.3 Å². The molecule has 3 atom stereocenters. The zero-order valence-corrected chi connectivity index (χ0v) is 16.6. The average Bonchev–Trinajstić information content (AvgIpc) is 3.10. The van der Waals surface area contributed by atoms with E-state index in [2.05, 4.69) is 12.1 Å². The van der Waals surface area contributed by atoms with Crippen LogP contribution in [0.2, 0.25) is 0 Å². The summed E-state index contributed by atoms with van der Waals surface area (Å²) >= 11 is 0. The van der Waals surface area contributed by atoms with E-state index >= 15 is 0 Å². The number of benzene rings is 2. The van der Waals surface area contributed by atoms with Crippen LogP contribution in [0.15, 0.2) is 54.6 Å². The van der Waals surface area contributed by atoms with Gasteiger partial charge in [-0.3, -0.25) is 4.79 Å². The van der Waals surface area contributed by atoms with E-state index in [1.165, 1.54) is 14.0 Å². The van der Waals surface area contributed by atoms with Crippen molar-refractivity contribution in [2.75, 3.05) is 12.0 Å². The van der Waals surface area contributed by atoms with Crippen LogP contribution in [-0.2, 0) is 9.53 Å². The van der Waals surface area contributed by atoms with Gasteiger partial charge in [-0.25, -0.2) is 4.79 Å². The molecular weight excluding hydrogens is 378 g/mol. The lowest BCUT2D eigenvalue weighted by atomic mass is 9.69. The van der Waals surface area contributed by atoms with E-state index < -0.39 is 29.4 Å². The Labute approximate surface area is 174 Å². The third-order valence-corrected chi connectivity index (χ3v) is 6.02. The van der Waals surface area contributed by atoms with Crippen molar-refractivity contribution in [3.8, 4) is 12.1 Å². The summed E-state index contributed by atoms with van der Waals surface area (Å²) in [5, 5.41) is 20.4. The quantitative estimate of drug-likeness (QED) is 0.736. The second-order valence-electron chi connectivity index (χ2n) is 7.51. The van der Waals surface area contributed by atoms with E-state index in [0.717, 1.165) is 11.3 Å². The molecule has 2 aromatic rings. The first-order valence-electron chi connectivity index (χ1n) is 9.55. The molecule has 2 aliphatic heterocycles. The molecule has 2 aliphatic rings. The maximum absolute atomic E-state index is 12.9. The number of hydrogen-bond donors (Lipinski definition) is 0. The molecule has 30 heavy (non-hydrogen) atoms. The van der Waals surface area contributed by atoms with Crippen LogP contribution in [0.5, 0.6) is 0 Å². The number of carbonyl (C=O) groups is 2. The van der Waals surface area contributed by atoms with E-state index in [-0.39, 0.29) is 5.78 Å². The van der Waals surface area contributed by atoms with Gasteiger partial charge in [0.2, 0.25) is 0 Å². The zero-order chi connectivity index (χ0) is 21.5. The molecular formula is C24H19N3O3. The predicted octanol–water partition coefficient (Wildman–Crippen LogP) is 3.46. The Kier molecular flexibility index (Phi) is 4.64. The van der Waals surface area contributed by atoms with Crippen LogP contribution in [-0.4, -0.2) is 30.9 Å². The van der Waals surface area contributed by atoms with Gasteiger partial charge in [-0.15, -0.1) is 0 Å². The summed E-state index contributed by atoms with van der Waals surface area (Å²) in [7, 11) is 1.30. The average molecular weight is 397 g/mol. The van der Waals surface area contributed by atoms with Crippen molar-refractivity contribution in [3.63, 3.8) is 0 Å². The van der Waals surface area contributed by atoms with E-state index in [1.54, 1.807) is 24.3 Å². The lowest BCUT2D eigenvalue weighted by Gasteiger charge is -2.35. The van der Waals surface area contributed by atoms with Gasteiger partial charge in [-0.2, -0.15) is 10.5 Å². The van der Waals surface area contributed by atoms with E-state index in [4.69, 9.17) is 4.74 Å². The normalized spacial score (nSPS) is 22.9. The number of para-hydroxylation sites is 1. The fourth-order valence-electron chi connectivity index (χ4n) is 4.71. The van der Waals surface area contributed by atoms with Gasteiger partial charge in [0.05, 0.1) is 36.9 Å². The number of fused-ring (bicyclic) bond motifs is 3. The van der Waals surface area contributed by atoms with Gasteiger partial charge in [0.15, 0.2) is 11.2 Å². The van der Waals surface area contributed by atoms with Crippen molar-refractivity contribution in [1.82, 2.24) is 0 Å². The Morgan fingerprint density at radius 1 is 1.07 bits per heavy atom. The molecule has 0 amide bonds. The van der Waals surface area contributed by atoms with Crippen LogP contribution in [0.25, 0.3) is 6.08 Å². The van der Waals surface area contributed by atoms with E-state index in [1.807, 2.05) is 41.3 Å². The third kappa shape index (κ3) is 2.62. The zero-order valence-electron chi connectivity index (χ0n) is 16.6. The molecule has 2 aromatic carbocycles. The molecule has 148 valence electrons. The molecule has 6 heteroatoms. The molecule has 0 unspecified atom stereocenters. The minimum Gasteiger partial charge on any atom is -0.465 e. The third-order valence-electron chi connectivity index (χ3n) is 6.02. The maximum Gasteiger partial charge on any atom is 0.337 e. The fraction of sp³-hybridized carbons (Fsp3) is 0.250. The van der Waals surface area contributed by atoms with Crippen molar-refractivity contribution >= 4 is 23.5 Å². The summed E-state index contributed by atoms with van der Waals surface area (Å²) in [6.07, 6.45) is 3.74. The lowest BCUT2D eigenvalue weighted by molar-refractivity contribution is -0.118. The highest BCUT2D eigenvalue weighted by atomic mass is 16.5. The molecule has 0 bridgehead atoms. The monoisotopic (exact) mass is 397 g/mol. The molecule has 1 saturated heterocycles. The summed E-state index contributed by atoms with van der Waals surface area (Å²) < 4.78 is 4.75. The van der Waals surface area contributed by atoms with Crippen molar-refractivity contribution in [2.45, 2.75) is 24.9 Å². The number of carbonyl (C=O) groups excluding carboxylic acids is 2. The Morgan fingerprint density at radius 2 is 1.73 bits per heavy atom. The van der Waals surface area contributed by atoms with Crippen molar-refractivity contribution < 1.29 is 14.3 Å². The summed E-state index contributed by atoms with van der Waals surface area (Å²) in [6, 6.07) is 17.5. The second-order valence-corrected chi connectivity index (χ2v) is 7.51. The van der Waals surface area contributed by atoms with Crippen LogP contribution in [0.3, 0.4) is 0 Å². The van der Waals surface area contributed by atoms with Crippen molar-refractivity contribution in [2.24, 2.45) is 5.41 Å². The number of rotatable bonds is 3. The molecule has 2 heterocycles. The van der Waals surface area contributed by atoms with Gasteiger partial charge in [0.1, 0.15) is 0 Å². The molecule has 4 rings (SSSR count). The van der Waals surface area contributed by atoms with Gasteiger partial charge >= 0.3 is 5.97 Å².